The first kappa shape index (κ1) is 17.5. The van der Waals surface area contributed by atoms with Crippen LogP contribution >= 0.6 is 0 Å². The Morgan fingerprint density at radius 3 is 2.33 bits per heavy atom. The molecule has 4 rings (SSSR count). The maximum Gasteiger partial charge on any atom is 0.292 e. The number of carbonyl (C=O) groups excluding carboxylic acids is 2. The number of fused-ring (bicyclic) bond motifs is 1. The monoisotopic (exact) mass is 360 g/mol. The van der Waals surface area contributed by atoms with E-state index in [0.29, 0.717) is 5.56 Å². The average molecular weight is 360 g/mol. The lowest BCUT2D eigenvalue weighted by Crippen LogP contribution is -2.40. The maximum absolute atomic E-state index is 13.2. The first-order valence-corrected chi connectivity index (χ1v) is 9.65. The van der Waals surface area contributed by atoms with Gasteiger partial charge in [0.15, 0.2) is 0 Å². The molecule has 1 saturated carbocycles. The van der Waals surface area contributed by atoms with Crippen molar-refractivity contribution < 1.29 is 9.59 Å². The zero-order valence-electron chi connectivity index (χ0n) is 15.6. The van der Waals surface area contributed by atoms with Crippen LogP contribution in [0.15, 0.2) is 54.6 Å². The Morgan fingerprint density at radius 2 is 1.59 bits per heavy atom. The van der Waals surface area contributed by atoms with Crippen molar-refractivity contribution in [1.82, 2.24) is 9.88 Å². The number of ketones is 1. The molecule has 1 amide bonds. The number of nitrogens with one attached hydrogen (secondary N) is 1. The van der Waals surface area contributed by atoms with Crippen molar-refractivity contribution in [2.45, 2.75) is 38.1 Å². The number of hydrogen-bond acceptors (Lipinski definition) is 2. The van der Waals surface area contributed by atoms with Crippen LogP contribution in [0.3, 0.4) is 0 Å². The van der Waals surface area contributed by atoms with E-state index < -0.39 is 11.7 Å². The zero-order valence-corrected chi connectivity index (χ0v) is 15.6. The summed E-state index contributed by atoms with van der Waals surface area (Å²) >= 11 is 0. The van der Waals surface area contributed by atoms with Gasteiger partial charge in [0.1, 0.15) is 0 Å². The summed E-state index contributed by atoms with van der Waals surface area (Å²) in [6, 6.07) is 17.7. The van der Waals surface area contributed by atoms with Gasteiger partial charge in [-0.1, -0.05) is 67.8 Å². The smallest absolute Gasteiger partial charge is 0.292 e. The molecule has 0 radical (unpaired) electrons. The minimum absolute atomic E-state index is 0.116. The Morgan fingerprint density at radius 1 is 0.926 bits per heavy atom. The minimum atomic E-state index is -0.490. The Hall–Kier alpha value is -2.88. The number of hydrogen-bond donors (Lipinski definition) is 1. The third-order valence-corrected chi connectivity index (χ3v) is 5.53. The summed E-state index contributed by atoms with van der Waals surface area (Å²) < 4.78 is 2.01. The molecule has 0 spiro atoms. The fraction of sp³-hybridized carbons (Fsp3) is 0.304. The highest BCUT2D eigenvalue weighted by molar-refractivity contribution is 6.46. The zero-order chi connectivity index (χ0) is 18.8. The highest BCUT2D eigenvalue weighted by Gasteiger charge is 2.28. The number of para-hydroxylation sites is 1. The average Bonchev–Trinajstić information content (AvgIpc) is 3.01. The molecule has 4 heteroatoms. The summed E-state index contributed by atoms with van der Waals surface area (Å²) in [5.41, 5.74) is 3.17. The summed E-state index contributed by atoms with van der Waals surface area (Å²) in [5, 5.41) is 3.79. The lowest BCUT2D eigenvalue weighted by Gasteiger charge is -2.22. The fourth-order valence-corrected chi connectivity index (χ4v) is 4.17. The standard InChI is InChI=1S/C23H24N2O2/c1-25-19-15-9-8-14-18(19)20(21(25)16-10-4-2-5-11-16)22(26)23(27)24-17-12-6-3-7-13-17/h2,4-5,8-11,14-15,17H,3,6-7,12-13H2,1H3,(H,24,27). The summed E-state index contributed by atoms with van der Waals surface area (Å²) in [6.07, 6.45) is 5.35. The molecule has 1 aliphatic rings. The van der Waals surface area contributed by atoms with Gasteiger partial charge in [-0.3, -0.25) is 9.59 Å². The van der Waals surface area contributed by atoms with Gasteiger partial charge in [-0.15, -0.1) is 0 Å². The number of rotatable bonds is 4. The number of aromatic nitrogens is 1. The molecule has 0 saturated heterocycles. The van der Waals surface area contributed by atoms with Gasteiger partial charge in [0.05, 0.1) is 11.3 Å². The lowest BCUT2D eigenvalue weighted by atomic mass is 9.95. The molecule has 1 fully saturated rings. The summed E-state index contributed by atoms with van der Waals surface area (Å²) in [4.78, 5) is 26.0. The Kier molecular flexibility index (Phi) is 4.80. The van der Waals surface area contributed by atoms with Crippen LogP contribution in [0.2, 0.25) is 0 Å². The van der Waals surface area contributed by atoms with Gasteiger partial charge in [0.2, 0.25) is 0 Å². The second kappa shape index (κ2) is 7.39. The van der Waals surface area contributed by atoms with E-state index in [9.17, 15) is 9.59 Å². The third-order valence-electron chi connectivity index (χ3n) is 5.53. The van der Waals surface area contributed by atoms with E-state index in [4.69, 9.17) is 0 Å². The van der Waals surface area contributed by atoms with Crippen LogP contribution in [0.4, 0.5) is 0 Å². The molecular weight excluding hydrogens is 336 g/mol. The molecule has 2 aromatic carbocycles. The van der Waals surface area contributed by atoms with E-state index in [1.54, 1.807) is 0 Å². The molecule has 27 heavy (non-hydrogen) atoms. The molecular formula is C23H24N2O2. The number of amides is 1. The Bertz CT molecular complexity index is 982. The van der Waals surface area contributed by atoms with Gasteiger partial charge in [-0.05, 0) is 24.5 Å². The van der Waals surface area contributed by atoms with Crippen LogP contribution < -0.4 is 5.32 Å². The van der Waals surface area contributed by atoms with Gasteiger partial charge in [0, 0.05) is 24.0 Å². The number of benzene rings is 2. The topological polar surface area (TPSA) is 51.1 Å². The largest absolute Gasteiger partial charge is 0.346 e. The molecule has 1 aliphatic carbocycles. The second-order valence-electron chi connectivity index (χ2n) is 7.30. The quantitative estimate of drug-likeness (QED) is 0.551. The molecule has 4 nitrogen and oxygen atoms in total. The van der Waals surface area contributed by atoms with Crippen LogP contribution in [0.5, 0.6) is 0 Å². The Labute approximate surface area is 159 Å². The molecule has 0 atom stereocenters. The second-order valence-corrected chi connectivity index (χ2v) is 7.30. The van der Waals surface area contributed by atoms with Crippen molar-refractivity contribution in [1.29, 1.82) is 0 Å². The van der Waals surface area contributed by atoms with E-state index in [2.05, 4.69) is 5.32 Å². The van der Waals surface area contributed by atoms with Crippen molar-refractivity contribution in [2.24, 2.45) is 7.05 Å². The number of nitrogens with zero attached hydrogens (tertiary/aromatic N) is 1. The van der Waals surface area contributed by atoms with Crippen LogP contribution in [-0.2, 0) is 11.8 Å². The minimum Gasteiger partial charge on any atom is -0.346 e. The van der Waals surface area contributed by atoms with Crippen LogP contribution in [-0.4, -0.2) is 22.3 Å². The van der Waals surface area contributed by atoms with Crippen molar-refractivity contribution >= 4 is 22.6 Å². The first-order chi connectivity index (χ1) is 13.2. The molecule has 0 unspecified atom stereocenters. The summed E-state index contributed by atoms with van der Waals surface area (Å²) in [5.74, 6) is -0.938. The molecule has 138 valence electrons. The maximum atomic E-state index is 13.2. The van der Waals surface area contributed by atoms with Crippen molar-refractivity contribution in [2.75, 3.05) is 0 Å². The highest BCUT2D eigenvalue weighted by atomic mass is 16.2. The highest BCUT2D eigenvalue weighted by Crippen LogP contribution is 2.33. The molecule has 1 N–H and O–H groups in total. The summed E-state index contributed by atoms with van der Waals surface area (Å²) in [7, 11) is 1.94. The van der Waals surface area contributed by atoms with Gasteiger partial charge < -0.3 is 9.88 Å². The van der Waals surface area contributed by atoms with Gasteiger partial charge in [0.25, 0.3) is 11.7 Å². The molecule has 1 heterocycles. The molecule has 0 bridgehead atoms. The predicted octanol–water partition coefficient (Wildman–Crippen LogP) is 4.48. The number of carbonyl (C=O) groups is 2. The van der Waals surface area contributed by atoms with Crippen molar-refractivity contribution in [3.8, 4) is 11.3 Å². The van der Waals surface area contributed by atoms with Crippen LogP contribution in [0, 0.1) is 0 Å². The van der Waals surface area contributed by atoms with Gasteiger partial charge in [-0.25, -0.2) is 0 Å². The SMILES string of the molecule is Cn1c(-c2ccccc2)c(C(=O)C(=O)NC2CCCCC2)c2ccccc21. The van der Waals surface area contributed by atoms with E-state index in [-0.39, 0.29) is 6.04 Å². The predicted molar refractivity (Wildman–Crippen MR) is 108 cm³/mol. The number of Topliss-reactive ketones (excluding diaryl/α,β-unsaturated/α-hetero) is 1. The molecule has 3 aromatic rings. The lowest BCUT2D eigenvalue weighted by molar-refractivity contribution is -0.117. The van der Waals surface area contributed by atoms with E-state index in [0.717, 1.165) is 47.8 Å². The van der Waals surface area contributed by atoms with E-state index >= 15 is 0 Å². The first-order valence-electron chi connectivity index (χ1n) is 9.65. The van der Waals surface area contributed by atoms with Crippen molar-refractivity contribution in [3.05, 3.63) is 60.2 Å². The normalized spacial score (nSPS) is 15.0. The fourth-order valence-electron chi connectivity index (χ4n) is 4.17. The van der Waals surface area contributed by atoms with Crippen molar-refractivity contribution in [3.63, 3.8) is 0 Å². The van der Waals surface area contributed by atoms with Gasteiger partial charge >= 0.3 is 0 Å². The third kappa shape index (κ3) is 3.27. The van der Waals surface area contributed by atoms with Crippen LogP contribution in [0.25, 0.3) is 22.2 Å². The van der Waals surface area contributed by atoms with E-state index in [1.165, 1.54) is 6.42 Å². The van der Waals surface area contributed by atoms with E-state index in [1.807, 2.05) is 66.2 Å². The molecule has 0 aliphatic heterocycles. The van der Waals surface area contributed by atoms with Gasteiger partial charge in [-0.2, -0.15) is 0 Å². The molecule has 1 aromatic heterocycles. The number of aryl methyl sites for hydroxylation is 1. The van der Waals surface area contributed by atoms with Crippen LogP contribution in [0.1, 0.15) is 42.5 Å². The summed E-state index contributed by atoms with van der Waals surface area (Å²) in [6.45, 7) is 0. The Balaban J connectivity index is 1.78.